The second-order valence-electron chi connectivity index (χ2n) is 7.16. The molecular formula is C15H27N3. The van der Waals surface area contributed by atoms with Crippen molar-refractivity contribution in [2.24, 2.45) is 16.7 Å². The Bertz CT molecular complexity index is 401. The van der Waals surface area contributed by atoms with Crippen molar-refractivity contribution in [2.75, 3.05) is 6.54 Å². The average Bonchev–Trinajstić information content (AvgIpc) is 2.60. The largest absolute Gasteiger partial charge is 0.329 e. The Morgan fingerprint density at radius 2 is 1.89 bits per heavy atom. The van der Waals surface area contributed by atoms with Crippen LogP contribution < -0.4 is 5.32 Å². The molecule has 0 atom stereocenters. The predicted octanol–water partition coefficient (Wildman–Crippen LogP) is 3.24. The van der Waals surface area contributed by atoms with Crippen LogP contribution in [0.15, 0.2) is 12.5 Å². The Kier molecular flexibility index (Phi) is 3.30. The molecule has 2 rings (SSSR count). The van der Waals surface area contributed by atoms with Crippen LogP contribution in [-0.2, 0) is 6.54 Å². The van der Waals surface area contributed by atoms with Gasteiger partial charge in [-0.25, -0.2) is 4.98 Å². The molecule has 0 aliphatic heterocycles. The van der Waals surface area contributed by atoms with Gasteiger partial charge in [0, 0.05) is 18.8 Å². The molecule has 0 radical (unpaired) electrons. The Labute approximate surface area is 111 Å². The molecule has 1 N–H and O–H groups in total. The van der Waals surface area contributed by atoms with Crippen LogP contribution in [0.1, 0.15) is 53.3 Å². The standard InChI is InChI=1S/C15H27N3/c1-11(2)7-16-8-12-9-17-10-18(12)13-14(3,4)15(13,5)6/h9-11,13,16H,7-8H2,1-6H3. The van der Waals surface area contributed by atoms with E-state index in [1.54, 1.807) is 0 Å². The van der Waals surface area contributed by atoms with E-state index in [0.29, 0.717) is 22.8 Å². The summed E-state index contributed by atoms with van der Waals surface area (Å²) in [6, 6.07) is 0.573. The smallest absolute Gasteiger partial charge is 0.0951 e. The predicted molar refractivity (Wildman–Crippen MR) is 75.4 cm³/mol. The molecule has 0 spiro atoms. The second-order valence-corrected chi connectivity index (χ2v) is 7.16. The minimum atomic E-state index is 0.362. The minimum Gasteiger partial charge on any atom is -0.329 e. The summed E-state index contributed by atoms with van der Waals surface area (Å²) in [5.41, 5.74) is 2.03. The van der Waals surface area contributed by atoms with Crippen LogP contribution in [0, 0.1) is 16.7 Å². The van der Waals surface area contributed by atoms with Crippen LogP contribution in [0.2, 0.25) is 0 Å². The molecule has 0 aromatic carbocycles. The van der Waals surface area contributed by atoms with Gasteiger partial charge in [0.15, 0.2) is 0 Å². The molecule has 1 aliphatic rings. The molecule has 1 aromatic heterocycles. The normalized spacial score (nSPS) is 21.5. The molecular weight excluding hydrogens is 222 g/mol. The molecule has 3 heteroatoms. The maximum Gasteiger partial charge on any atom is 0.0951 e. The molecule has 3 nitrogen and oxygen atoms in total. The zero-order valence-electron chi connectivity index (χ0n) is 12.6. The first-order valence-electron chi connectivity index (χ1n) is 7.00. The first-order chi connectivity index (χ1) is 8.28. The van der Waals surface area contributed by atoms with Crippen molar-refractivity contribution < 1.29 is 0 Å². The van der Waals surface area contributed by atoms with Crippen molar-refractivity contribution in [3.63, 3.8) is 0 Å². The summed E-state index contributed by atoms with van der Waals surface area (Å²) in [4.78, 5) is 4.34. The SMILES string of the molecule is CC(C)CNCc1cncn1C1C(C)(C)C1(C)C. The molecule has 0 bridgehead atoms. The fourth-order valence-corrected chi connectivity index (χ4v) is 3.05. The molecule has 1 heterocycles. The average molecular weight is 249 g/mol. The molecule has 1 aliphatic carbocycles. The number of nitrogens with zero attached hydrogens (tertiary/aromatic N) is 2. The molecule has 18 heavy (non-hydrogen) atoms. The lowest BCUT2D eigenvalue weighted by molar-refractivity contribution is 0.457. The Balaban J connectivity index is 2.06. The molecule has 102 valence electrons. The van der Waals surface area contributed by atoms with Gasteiger partial charge in [-0.05, 0) is 23.3 Å². The Morgan fingerprint density at radius 1 is 1.28 bits per heavy atom. The van der Waals surface area contributed by atoms with Gasteiger partial charge in [-0.2, -0.15) is 0 Å². The van der Waals surface area contributed by atoms with E-state index < -0.39 is 0 Å². The van der Waals surface area contributed by atoms with Crippen LogP contribution in [-0.4, -0.2) is 16.1 Å². The van der Waals surface area contributed by atoms with E-state index in [0.717, 1.165) is 13.1 Å². The maximum atomic E-state index is 4.34. The highest BCUT2D eigenvalue weighted by atomic mass is 15.2. The van der Waals surface area contributed by atoms with E-state index in [9.17, 15) is 0 Å². The molecule has 1 aromatic rings. The van der Waals surface area contributed by atoms with E-state index >= 15 is 0 Å². The first-order valence-corrected chi connectivity index (χ1v) is 7.00. The maximum absolute atomic E-state index is 4.34. The number of aromatic nitrogens is 2. The van der Waals surface area contributed by atoms with Gasteiger partial charge < -0.3 is 9.88 Å². The molecule has 1 saturated carbocycles. The zero-order valence-corrected chi connectivity index (χ0v) is 12.6. The molecule has 0 saturated heterocycles. The summed E-state index contributed by atoms with van der Waals surface area (Å²) < 4.78 is 2.37. The number of hydrogen-bond donors (Lipinski definition) is 1. The van der Waals surface area contributed by atoms with E-state index in [4.69, 9.17) is 0 Å². The monoisotopic (exact) mass is 249 g/mol. The van der Waals surface area contributed by atoms with Crippen LogP contribution in [0.4, 0.5) is 0 Å². The number of nitrogens with one attached hydrogen (secondary N) is 1. The lowest BCUT2D eigenvalue weighted by Gasteiger charge is -2.12. The van der Waals surface area contributed by atoms with Crippen molar-refractivity contribution in [2.45, 2.75) is 54.1 Å². The van der Waals surface area contributed by atoms with Crippen LogP contribution in [0.3, 0.4) is 0 Å². The summed E-state index contributed by atoms with van der Waals surface area (Å²) >= 11 is 0. The van der Waals surface area contributed by atoms with Crippen LogP contribution in [0.5, 0.6) is 0 Å². The van der Waals surface area contributed by atoms with Crippen molar-refractivity contribution in [1.29, 1.82) is 0 Å². The van der Waals surface area contributed by atoms with E-state index in [1.807, 2.05) is 12.5 Å². The van der Waals surface area contributed by atoms with Gasteiger partial charge in [0.25, 0.3) is 0 Å². The van der Waals surface area contributed by atoms with Gasteiger partial charge in [-0.1, -0.05) is 41.5 Å². The fraction of sp³-hybridized carbons (Fsp3) is 0.800. The highest BCUT2D eigenvalue weighted by molar-refractivity contribution is 5.19. The molecule has 1 fully saturated rings. The number of imidazole rings is 1. The number of hydrogen-bond acceptors (Lipinski definition) is 2. The van der Waals surface area contributed by atoms with Gasteiger partial charge >= 0.3 is 0 Å². The van der Waals surface area contributed by atoms with Gasteiger partial charge in [-0.15, -0.1) is 0 Å². The van der Waals surface area contributed by atoms with Crippen molar-refractivity contribution >= 4 is 0 Å². The van der Waals surface area contributed by atoms with E-state index in [-0.39, 0.29) is 0 Å². The topological polar surface area (TPSA) is 29.9 Å². The third-order valence-corrected chi connectivity index (χ3v) is 4.83. The first kappa shape index (κ1) is 13.6. The molecule has 0 amide bonds. The minimum absolute atomic E-state index is 0.362. The Hall–Kier alpha value is -0.830. The Morgan fingerprint density at radius 3 is 2.39 bits per heavy atom. The van der Waals surface area contributed by atoms with Gasteiger partial charge in [0.05, 0.1) is 12.0 Å². The quantitative estimate of drug-likeness (QED) is 0.868. The van der Waals surface area contributed by atoms with Gasteiger partial charge in [0.2, 0.25) is 0 Å². The third-order valence-electron chi connectivity index (χ3n) is 4.83. The summed E-state index contributed by atoms with van der Waals surface area (Å²) in [6.07, 6.45) is 3.99. The fourth-order valence-electron chi connectivity index (χ4n) is 3.05. The summed E-state index contributed by atoms with van der Waals surface area (Å²) in [7, 11) is 0. The second kappa shape index (κ2) is 4.37. The van der Waals surface area contributed by atoms with Crippen LogP contribution in [0.25, 0.3) is 0 Å². The number of rotatable bonds is 5. The summed E-state index contributed by atoms with van der Waals surface area (Å²) in [6.45, 7) is 15.8. The van der Waals surface area contributed by atoms with Crippen molar-refractivity contribution in [3.05, 3.63) is 18.2 Å². The summed E-state index contributed by atoms with van der Waals surface area (Å²) in [5.74, 6) is 0.690. The van der Waals surface area contributed by atoms with Gasteiger partial charge in [0.1, 0.15) is 0 Å². The van der Waals surface area contributed by atoms with Crippen LogP contribution >= 0.6 is 0 Å². The van der Waals surface area contributed by atoms with E-state index in [1.165, 1.54) is 5.69 Å². The van der Waals surface area contributed by atoms with Gasteiger partial charge in [-0.3, -0.25) is 0 Å². The summed E-state index contributed by atoms with van der Waals surface area (Å²) in [5, 5.41) is 3.50. The highest BCUT2D eigenvalue weighted by Crippen LogP contribution is 2.71. The van der Waals surface area contributed by atoms with Crippen molar-refractivity contribution in [3.8, 4) is 0 Å². The third kappa shape index (κ3) is 2.09. The highest BCUT2D eigenvalue weighted by Gasteiger charge is 2.66. The molecule has 0 unspecified atom stereocenters. The zero-order chi connectivity index (χ0) is 13.6. The van der Waals surface area contributed by atoms with Crippen molar-refractivity contribution in [1.82, 2.24) is 14.9 Å². The lowest BCUT2D eigenvalue weighted by Crippen LogP contribution is -2.21. The lowest BCUT2D eigenvalue weighted by atomic mass is 10.0. The van der Waals surface area contributed by atoms with E-state index in [2.05, 4.69) is 56.4 Å².